The van der Waals surface area contributed by atoms with E-state index in [-0.39, 0.29) is 17.7 Å². The topological polar surface area (TPSA) is 63.7 Å². The van der Waals surface area contributed by atoms with E-state index in [9.17, 15) is 14.4 Å². The molecule has 1 fully saturated rings. The van der Waals surface area contributed by atoms with Crippen LogP contribution in [0.1, 0.15) is 27.0 Å². The van der Waals surface area contributed by atoms with Crippen molar-refractivity contribution in [2.24, 2.45) is 0 Å². The molecule has 1 saturated heterocycles. The number of rotatable bonds is 5. The molecule has 4 aromatic rings. The van der Waals surface area contributed by atoms with Crippen LogP contribution in [0, 0.1) is 6.92 Å². The molecule has 0 bridgehead atoms. The second-order valence-electron chi connectivity index (χ2n) is 8.28. The lowest BCUT2D eigenvalue weighted by molar-refractivity contribution is -0.123. The maximum atomic E-state index is 13.0. The zero-order chi connectivity index (χ0) is 24.4. The van der Waals surface area contributed by atoms with Crippen molar-refractivity contribution in [2.45, 2.75) is 13.5 Å². The molecular weight excluding hydrogens is 458 g/mol. The van der Waals surface area contributed by atoms with Crippen molar-refractivity contribution in [3.8, 4) is 5.75 Å². The smallest absolute Gasteiger partial charge is 0.343 e. The van der Waals surface area contributed by atoms with E-state index in [1.54, 1.807) is 42.5 Å². The van der Waals surface area contributed by atoms with Gasteiger partial charge in [-0.25, -0.2) is 4.79 Å². The molecule has 4 aromatic carbocycles. The predicted octanol–water partition coefficient (Wildman–Crippen LogP) is 6.60. The fraction of sp³-hybridized carbons (Fsp3) is 0.0690. The third-order valence-corrected chi connectivity index (χ3v) is 6.59. The number of carbonyl (C=O) groups is 3. The molecule has 0 spiro atoms. The Morgan fingerprint density at radius 1 is 0.886 bits per heavy atom. The molecule has 1 aliphatic rings. The number of aryl methyl sites for hydroxylation is 1. The van der Waals surface area contributed by atoms with E-state index < -0.39 is 5.97 Å². The Hall–Kier alpha value is -4.16. The zero-order valence-corrected chi connectivity index (χ0v) is 19.7. The second-order valence-corrected chi connectivity index (χ2v) is 9.27. The number of imide groups is 1. The highest BCUT2D eigenvalue weighted by molar-refractivity contribution is 8.18. The summed E-state index contributed by atoms with van der Waals surface area (Å²) in [6.45, 7) is 2.16. The van der Waals surface area contributed by atoms with Crippen LogP contribution in [-0.4, -0.2) is 22.0 Å². The number of nitrogens with zero attached hydrogens (tertiary/aromatic N) is 1. The van der Waals surface area contributed by atoms with E-state index in [4.69, 9.17) is 4.74 Å². The van der Waals surface area contributed by atoms with E-state index in [2.05, 4.69) is 0 Å². The number of amides is 2. The highest BCUT2D eigenvalue weighted by Gasteiger charge is 2.35. The molecule has 0 aromatic heterocycles. The zero-order valence-electron chi connectivity index (χ0n) is 18.9. The minimum Gasteiger partial charge on any atom is -0.423 e. The third kappa shape index (κ3) is 5.03. The first-order valence-corrected chi connectivity index (χ1v) is 11.9. The second kappa shape index (κ2) is 9.60. The van der Waals surface area contributed by atoms with Crippen molar-refractivity contribution in [2.75, 3.05) is 0 Å². The molecule has 0 radical (unpaired) electrons. The van der Waals surface area contributed by atoms with Gasteiger partial charge in [0.25, 0.3) is 11.1 Å². The van der Waals surface area contributed by atoms with Crippen molar-refractivity contribution in [1.29, 1.82) is 0 Å². The number of benzene rings is 4. The average Bonchev–Trinajstić information content (AvgIpc) is 3.12. The van der Waals surface area contributed by atoms with Crippen LogP contribution in [-0.2, 0) is 11.3 Å². The summed E-state index contributed by atoms with van der Waals surface area (Å²) in [6.07, 6.45) is 1.65. The maximum absolute atomic E-state index is 13.0. The fourth-order valence-corrected chi connectivity index (χ4v) is 4.67. The summed E-state index contributed by atoms with van der Waals surface area (Å²) in [5.41, 5.74) is 3.06. The summed E-state index contributed by atoms with van der Waals surface area (Å²) in [7, 11) is 0. The normalized spacial score (nSPS) is 14.7. The lowest BCUT2D eigenvalue weighted by atomic mass is 10.1. The Kier molecular flexibility index (Phi) is 6.21. The maximum Gasteiger partial charge on any atom is 0.343 e. The number of hydrogen-bond acceptors (Lipinski definition) is 5. The van der Waals surface area contributed by atoms with Crippen LogP contribution in [0.2, 0.25) is 0 Å². The first-order chi connectivity index (χ1) is 17.0. The molecule has 35 heavy (non-hydrogen) atoms. The van der Waals surface area contributed by atoms with Gasteiger partial charge in [0.2, 0.25) is 0 Å². The van der Waals surface area contributed by atoms with Crippen molar-refractivity contribution in [3.05, 3.63) is 118 Å². The van der Waals surface area contributed by atoms with Crippen LogP contribution >= 0.6 is 11.8 Å². The Morgan fingerprint density at radius 2 is 1.66 bits per heavy atom. The van der Waals surface area contributed by atoms with E-state index in [0.717, 1.165) is 33.7 Å². The summed E-state index contributed by atoms with van der Waals surface area (Å²) in [5, 5.41) is 1.86. The SMILES string of the molecule is Cc1ccc(C(=O)Oc2cccc(/C=C3\SC(=O)N(Cc4ccc5ccccc5c4)C3=O)c2)cc1. The van der Waals surface area contributed by atoms with E-state index in [1.807, 2.05) is 61.5 Å². The molecule has 2 amide bonds. The summed E-state index contributed by atoms with van der Waals surface area (Å²) >= 11 is 0.908. The number of ether oxygens (including phenoxy) is 1. The fourth-order valence-electron chi connectivity index (χ4n) is 3.83. The molecule has 5 nitrogen and oxygen atoms in total. The monoisotopic (exact) mass is 479 g/mol. The van der Waals surface area contributed by atoms with Crippen LogP contribution in [0.3, 0.4) is 0 Å². The number of hydrogen-bond donors (Lipinski definition) is 0. The Labute approximate surface area is 207 Å². The summed E-state index contributed by atoms with van der Waals surface area (Å²) in [6, 6.07) is 27.9. The Bertz CT molecular complexity index is 1490. The van der Waals surface area contributed by atoms with Crippen LogP contribution in [0.25, 0.3) is 16.8 Å². The minimum absolute atomic E-state index is 0.209. The lowest BCUT2D eigenvalue weighted by Gasteiger charge is -2.13. The average molecular weight is 480 g/mol. The molecular formula is C29H21NO4S. The highest BCUT2D eigenvalue weighted by atomic mass is 32.2. The van der Waals surface area contributed by atoms with Gasteiger partial charge in [-0.3, -0.25) is 14.5 Å². The molecule has 1 heterocycles. The number of esters is 1. The number of fused-ring (bicyclic) bond motifs is 1. The Balaban J connectivity index is 1.31. The molecule has 0 aliphatic carbocycles. The van der Waals surface area contributed by atoms with Crippen LogP contribution in [0.15, 0.2) is 95.9 Å². The van der Waals surface area contributed by atoms with Crippen molar-refractivity contribution in [1.82, 2.24) is 4.90 Å². The first-order valence-electron chi connectivity index (χ1n) is 11.1. The molecule has 0 atom stereocenters. The van der Waals surface area contributed by atoms with Gasteiger partial charge in [0.15, 0.2) is 0 Å². The van der Waals surface area contributed by atoms with Gasteiger partial charge >= 0.3 is 5.97 Å². The van der Waals surface area contributed by atoms with Crippen molar-refractivity contribution >= 4 is 45.7 Å². The van der Waals surface area contributed by atoms with Gasteiger partial charge in [-0.1, -0.05) is 66.2 Å². The van der Waals surface area contributed by atoms with E-state index >= 15 is 0 Å². The number of thioether (sulfide) groups is 1. The van der Waals surface area contributed by atoms with Gasteiger partial charge in [-0.2, -0.15) is 0 Å². The quantitative estimate of drug-likeness (QED) is 0.183. The molecule has 172 valence electrons. The van der Waals surface area contributed by atoms with Gasteiger partial charge in [0.1, 0.15) is 5.75 Å². The standard InChI is InChI=1S/C29H21NO4S/c1-19-9-12-23(13-10-19)28(32)34-25-8-4-5-20(16-25)17-26-27(31)30(29(33)35-26)18-21-11-14-22-6-2-3-7-24(22)15-21/h2-17H,18H2,1H3/b26-17-. The summed E-state index contributed by atoms with van der Waals surface area (Å²) in [4.78, 5) is 39.6. The largest absolute Gasteiger partial charge is 0.423 e. The molecule has 0 N–H and O–H groups in total. The molecule has 0 unspecified atom stereocenters. The lowest BCUT2D eigenvalue weighted by Crippen LogP contribution is -2.27. The van der Waals surface area contributed by atoms with Gasteiger partial charge in [0.05, 0.1) is 17.0 Å². The molecule has 5 rings (SSSR count). The molecule has 1 aliphatic heterocycles. The van der Waals surface area contributed by atoms with Gasteiger partial charge in [-0.05, 0) is 77.0 Å². The van der Waals surface area contributed by atoms with E-state index in [1.165, 1.54) is 4.90 Å². The van der Waals surface area contributed by atoms with E-state index in [0.29, 0.717) is 21.8 Å². The number of carbonyl (C=O) groups excluding carboxylic acids is 3. The summed E-state index contributed by atoms with van der Waals surface area (Å²) in [5.74, 6) is -0.437. The van der Waals surface area contributed by atoms with Crippen LogP contribution in [0.4, 0.5) is 4.79 Å². The summed E-state index contributed by atoms with van der Waals surface area (Å²) < 4.78 is 5.49. The Morgan fingerprint density at radius 3 is 2.46 bits per heavy atom. The van der Waals surface area contributed by atoms with Crippen LogP contribution in [0.5, 0.6) is 5.75 Å². The minimum atomic E-state index is -0.460. The van der Waals surface area contributed by atoms with Crippen molar-refractivity contribution < 1.29 is 19.1 Å². The van der Waals surface area contributed by atoms with Gasteiger partial charge in [-0.15, -0.1) is 0 Å². The van der Waals surface area contributed by atoms with Crippen molar-refractivity contribution in [3.63, 3.8) is 0 Å². The first kappa shape index (κ1) is 22.6. The predicted molar refractivity (Wildman–Crippen MR) is 138 cm³/mol. The molecule has 0 saturated carbocycles. The van der Waals surface area contributed by atoms with Gasteiger partial charge < -0.3 is 4.74 Å². The van der Waals surface area contributed by atoms with Crippen LogP contribution < -0.4 is 4.74 Å². The molecule has 6 heteroatoms. The van der Waals surface area contributed by atoms with Gasteiger partial charge in [0, 0.05) is 0 Å². The third-order valence-electron chi connectivity index (χ3n) is 5.68. The highest BCUT2D eigenvalue weighted by Crippen LogP contribution is 2.34.